The summed E-state index contributed by atoms with van der Waals surface area (Å²) in [5.74, 6) is 0.248. The van der Waals surface area contributed by atoms with Crippen molar-refractivity contribution < 1.29 is 14.4 Å². The maximum absolute atomic E-state index is 13.3. The van der Waals surface area contributed by atoms with Gasteiger partial charge in [0.25, 0.3) is 5.91 Å². The first kappa shape index (κ1) is 25.7. The molecule has 0 spiro atoms. The Morgan fingerprint density at radius 1 is 0.892 bits per heavy atom. The molecule has 0 radical (unpaired) electrons. The number of rotatable bonds is 6. The number of carbonyl (C=O) groups is 3. The summed E-state index contributed by atoms with van der Waals surface area (Å²) in [5, 5.41) is 2.97. The molecule has 2 bridgehead atoms. The number of hydrogen-bond donors (Lipinski definition) is 1. The van der Waals surface area contributed by atoms with Crippen LogP contribution in [0.15, 0.2) is 54.6 Å². The number of carbonyl (C=O) groups excluding carboxylic acids is 3. The fourth-order valence-electron chi connectivity index (χ4n) is 7.15. The lowest BCUT2D eigenvalue weighted by Crippen LogP contribution is -2.40. The van der Waals surface area contributed by atoms with Gasteiger partial charge in [0.15, 0.2) is 5.78 Å². The summed E-state index contributed by atoms with van der Waals surface area (Å²) >= 11 is 0. The number of hydrogen-bond acceptors (Lipinski definition) is 4. The molecule has 1 saturated carbocycles. The van der Waals surface area contributed by atoms with Gasteiger partial charge in [-0.25, -0.2) is 0 Å². The van der Waals surface area contributed by atoms with Gasteiger partial charge in [-0.3, -0.25) is 19.3 Å². The lowest BCUT2D eigenvalue weighted by molar-refractivity contribution is -0.117. The molecule has 6 nitrogen and oxygen atoms in total. The minimum absolute atomic E-state index is 0.0237. The van der Waals surface area contributed by atoms with Crippen LogP contribution in [-0.2, 0) is 4.79 Å². The number of piperidine rings is 1. The Labute approximate surface area is 220 Å². The Bertz CT molecular complexity index is 1150. The smallest absolute Gasteiger partial charge is 0.254 e. The zero-order chi connectivity index (χ0) is 26.2. The second-order valence-corrected chi connectivity index (χ2v) is 12.6. The highest BCUT2D eigenvalue weighted by molar-refractivity contribution is 5.98. The molecule has 37 heavy (non-hydrogen) atoms. The summed E-state index contributed by atoms with van der Waals surface area (Å²) in [6.45, 7) is 9.54. The van der Waals surface area contributed by atoms with Crippen LogP contribution in [0.3, 0.4) is 0 Å². The number of likely N-dealkylation sites (tertiary alicyclic amines) is 2. The molecule has 2 heterocycles. The highest BCUT2D eigenvalue weighted by atomic mass is 16.2. The predicted octanol–water partition coefficient (Wildman–Crippen LogP) is 5.26. The number of nitrogens with zero attached hydrogens (tertiary/aromatic N) is 2. The molecule has 2 aliphatic heterocycles. The van der Waals surface area contributed by atoms with Gasteiger partial charge in [0, 0.05) is 35.3 Å². The monoisotopic (exact) mass is 501 g/mol. The van der Waals surface area contributed by atoms with Gasteiger partial charge in [0.1, 0.15) is 0 Å². The second kappa shape index (κ2) is 10.1. The quantitative estimate of drug-likeness (QED) is 0.548. The average molecular weight is 502 g/mol. The van der Waals surface area contributed by atoms with E-state index in [0.717, 1.165) is 57.3 Å². The minimum atomic E-state index is -0.0737. The molecule has 1 N–H and O–H groups in total. The van der Waals surface area contributed by atoms with Crippen molar-refractivity contribution in [3.05, 3.63) is 65.7 Å². The van der Waals surface area contributed by atoms with Crippen LogP contribution in [0.1, 0.15) is 73.6 Å². The van der Waals surface area contributed by atoms with Crippen molar-refractivity contribution in [1.29, 1.82) is 0 Å². The van der Waals surface area contributed by atoms with E-state index in [0.29, 0.717) is 23.8 Å². The van der Waals surface area contributed by atoms with Crippen molar-refractivity contribution in [2.24, 2.45) is 16.7 Å². The van der Waals surface area contributed by atoms with E-state index in [1.165, 1.54) is 0 Å². The molecule has 2 aromatic rings. The molecule has 3 aliphatic rings. The van der Waals surface area contributed by atoms with Crippen molar-refractivity contribution in [2.75, 3.05) is 31.5 Å². The van der Waals surface area contributed by atoms with Crippen LogP contribution in [-0.4, -0.2) is 59.6 Å². The van der Waals surface area contributed by atoms with Gasteiger partial charge in [0.2, 0.25) is 5.91 Å². The molecular formula is C31H39N3O3. The van der Waals surface area contributed by atoms with Crippen LogP contribution < -0.4 is 5.32 Å². The highest BCUT2D eigenvalue weighted by Crippen LogP contribution is 2.52. The molecule has 2 unspecified atom stereocenters. The van der Waals surface area contributed by atoms with Crippen LogP contribution in [0.4, 0.5) is 5.69 Å². The van der Waals surface area contributed by atoms with Crippen LogP contribution in [0.5, 0.6) is 0 Å². The van der Waals surface area contributed by atoms with Crippen LogP contribution >= 0.6 is 0 Å². The average Bonchev–Trinajstić information content (AvgIpc) is 3.13. The van der Waals surface area contributed by atoms with Gasteiger partial charge < -0.3 is 10.2 Å². The van der Waals surface area contributed by atoms with E-state index >= 15 is 0 Å². The van der Waals surface area contributed by atoms with E-state index in [1.54, 1.807) is 0 Å². The molecule has 2 amide bonds. The number of amides is 2. The number of benzene rings is 2. The molecule has 1 aliphatic carbocycles. The van der Waals surface area contributed by atoms with Gasteiger partial charge in [0.05, 0.1) is 6.54 Å². The first-order valence-corrected chi connectivity index (χ1v) is 13.6. The predicted molar refractivity (Wildman–Crippen MR) is 146 cm³/mol. The van der Waals surface area contributed by atoms with E-state index in [2.05, 4.69) is 35.9 Å². The van der Waals surface area contributed by atoms with Crippen molar-refractivity contribution in [2.45, 2.75) is 58.9 Å². The lowest BCUT2D eigenvalue weighted by Gasteiger charge is -2.39. The first-order valence-electron chi connectivity index (χ1n) is 13.6. The van der Waals surface area contributed by atoms with Gasteiger partial charge in [-0.15, -0.1) is 0 Å². The Kier molecular flexibility index (Phi) is 6.97. The maximum atomic E-state index is 13.3. The first-order chi connectivity index (χ1) is 17.6. The van der Waals surface area contributed by atoms with Crippen molar-refractivity contribution in [3.63, 3.8) is 0 Å². The summed E-state index contributed by atoms with van der Waals surface area (Å²) in [6, 6.07) is 17.1. The van der Waals surface area contributed by atoms with E-state index in [-0.39, 0.29) is 34.3 Å². The third-order valence-corrected chi connectivity index (χ3v) is 8.48. The normalized spacial score (nSPS) is 25.6. The van der Waals surface area contributed by atoms with E-state index < -0.39 is 0 Å². The van der Waals surface area contributed by atoms with E-state index in [4.69, 9.17) is 0 Å². The fraction of sp³-hybridized carbons (Fsp3) is 0.516. The third kappa shape index (κ3) is 5.80. The highest BCUT2D eigenvalue weighted by Gasteiger charge is 2.51. The largest absolute Gasteiger partial charge is 0.335 e. The van der Waals surface area contributed by atoms with Gasteiger partial charge in [-0.05, 0) is 80.3 Å². The van der Waals surface area contributed by atoms with Crippen LogP contribution in [0.25, 0.3) is 0 Å². The van der Waals surface area contributed by atoms with E-state index in [9.17, 15) is 14.4 Å². The molecule has 196 valence electrons. The standard InChI is InChI=1S/C31H39N3O3/c1-30(2)17-26-18-31(3,20-30)21-34(26)29(37)24-9-11-25(12-10-24)32-27(35)19-33-15-13-23(14-16-33)28(36)22-7-5-4-6-8-22/h4-12,23,26H,13-21H2,1-3H3,(H,32,35). The van der Waals surface area contributed by atoms with Crippen LogP contribution in [0, 0.1) is 16.7 Å². The summed E-state index contributed by atoms with van der Waals surface area (Å²) < 4.78 is 0. The Balaban J connectivity index is 1.11. The van der Waals surface area contributed by atoms with Crippen molar-refractivity contribution in [1.82, 2.24) is 9.80 Å². The van der Waals surface area contributed by atoms with Gasteiger partial charge in [-0.2, -0.15) is 0 Å². The second-order valence-electron chi connectivity index (χ2n) is 12.6. The summed E-state index contributed by atoms with van der Waals surface area (Å²) in [5.41, 5.74) is 2.62. The molecule has 0 aromatic heterocycles. The Morgan fingerprint density at radius 3 is 2.24 bits per heavy atom. The summed E-state index contributed by atoms with van der Waals surface area (Å²) in [6.07, 6.45) is 4.84. The lowest BCUT2D eigenvalue weighted by atomic mass is 9.65. The molecule has 2 atom stereocenters. The minimum Gasteiger partial charge on any atom is -0.335 e. The summed E-state index contributed by atoms with van der Waals surface area (Å²) in [7, 11) is 0. The van der Waals surface area contributed by atoms with E-state index in [1.807, 2.05) is 54.6 Å². The zero-order valence-electron chi connectivity index (χ0n) is 22.3. The molecule has 5 rings (SSSR count). The van der Waals surface area contributed by atoms with Crippen LogP contribution in [0.2, 0.25) is 0 Å². The molecular weight excluding hydrogens is 462 g/mol. The Hall–Kier alpha value is -2.99. The zero-order valence-corrected chi connectivity index (χ0v) is 22.3. The maximum Gasteiger partial charge on any atom is 0.254 e. The molecule has 2 aromatic carbocycles. The molecule has 3 fully saturated rings. The molecule has 2 saturated heterocycles. The van der Waals surface area contributed by atoms with Gasteiger partial charge in [-0.1, -0.05) is 51.1 Å². The van der Waals surface area contributed by atoms with Crippen molar-refractivity contribution in [3.8, 4) is 0 Å². The number of Topliss-reactive ketones (excluding diaryl/α,β-unsaturated/α-hetero) is 1. The molecule has 6 heteroatoms. The number of anilines is 1. The topological polar surface area (TPSA) is 69.7 Å². The number of fused-ring (bicyclic) bond motifs is 2. The number of nitrogens with one attached hydrogen (secondary N) is 1. The van der Waals surface area contributed by atoms with Crippen molar-refractivity contribution >= 4 is 23.3 Å². The Morgan fingerprint density at radius 2 is 1.57 bits per heavy atom. The summed E-state index contributed by atoms with van der Waals surface area (Å²) in [4.78, 5) is 42.9. The SMILES string of the molecule is CC1(C)CC2CC(C)(CN2C(=O)c2ccc(NC(=O)CN3CCC(C(=O)c4ccccc4)CC3)cc2)C1. The fourth-order valence-corrected chi connectivity index (χ4v) is 7.15. The number of ketones is 1. The third-order valence-electron chi connectivity index (χ3n) is 8.48. The van der Waals surface area contributed by atoms with Gasteiger partial charge >= 0.3 is 0 Å².